The Balaban J connectivity index is 1.39. The average Bonchev–Trinajstić information content (AvgIpc) is 3.29. The molecule has 4 rings (SSSR count). The number of H-pyrrole nitrogens is 1. The molecule has 0 saturated carbocycles. The van der Waals surface area contributed by atoms with Crippen molar-refractivity contribution in [1.29, 1.82) is 0 Å². The Morgan fingerprint density at radius 1 is 1.07 bits per heavy atom. The Hall–Kier alpha value is -3.89. The van der Waals surface area contributed by atoms with E-state index in [4.69, 9.17) is 10.5 Å². The van der Waals surface area contributed by atoms with Gasteiger partial charge in [-0.2, -0.15) is 5.10 Å². The number of aromatic amines is 1. The van der Waals surface area contributed by atoms with Crippen molar-refractivity contribution in [3.05, 3.63) is 54.7 Å². The zero-order chi connectivity index (χ0) is 21.1. The van der Waals surface area contributed by atoms with Gasteiger partial charge in [-0.3, -0.25) is 5.10 Å². The molecule has 4 N–H and O–H groups in total. The number of rotatable bonds is 7. The fraction of sp³-hybridized carbons (Fsp3) is 0.158. The number of alkyl halides is 3. The number of halogens is 3. The highest BCUT2D eigenvalue weighted by Crippen LogP contribution is 2.26. The number of benzene rings is 2. The zero-order valence-corrected chi connectivity index (χ0v) is 15.5. The van der Waals surface area contributed by atoms with E-state index >= 15 is 0 Å². The van der Waals surface area contributed by atoms with E-state index in [0.29, 0.717) is 23.8 Å². The summed E-state index contributed by atoms with van der Waals surface area (Å²) in [4.78, 5) is 4.37. The van der Waals surface area contributed by atoms with Crippen LogP contribution in [-0.4, -0.2) is 32.7 Å². The van der Waals surface area contributed by atoms with Gasteiger partial charge in [0.15, 0.2) is 0 Å². The lowest BCUT2D eigenvalue weighted by molar-refractivity contribution is -0.274. The molecule has 30 heavy (non-hydrogen) atoms. The molecule has 0 bridgehead atoms. The monoisotopic (exact) mass is 418 g/mol. The Morgan fingerprint density at radius 2 is 1.83 bits per heavy atom. The molecule has 0 amide bonds. The van der Waals surface area contributed by atoms with Gasteiger partial charge in [0.25, 0.3) is 0 Å². The maximum atomic E-state index is 12.2. The van der Waals surface area contributed by atoms with Gasteiger partial charge in [-0.1, -0.05) is 0 Å². The van der Waals surface area contributed by atoms with Crippen molar-refractivity contribution in [2.24, 2.45) is 0 Å². The van der Waals surface area contributed by atoms with E-state index in [2.05, 4.69) is 25.2 Å². The zero-order valence-electron chi connectivity index (χ0n) is 15.5. The summed E-state index contributed by atoms with van der Waals surface area (Å²) in [5.74, 6) is 1.20. The maximum Gasteiger partial charge on any atom is 0.573 e. The first-order chi connectivity index (χ1) is 14.4. The molecular weight excluding hydrogens is 401 g/mol. The van der Waals surface area contributed by atoms with Crippen molar-refractivity contribution in [2.75, 3.05) is 17.7 Å². The van der Waals surface area contributed by atoms with E-state index in [1.165, 1.54) is 24.3 Å². The fourth-order valence-corrected chi connectivity index (χ4v) is 2.93. The minimum Gasteiger partial charge on any atom is -0.492 e. The number of hydrogen-bond donors (Lipinski definition) is 3. The highest BCUT2D eigenvalue weighted by molar-refractivity contribution is 5.82. The molecule has 0 radical (unpaired) electrons. The third-order valence-electron chi connectivity index (χ3n) is 4.20. The summed E-state index contributed by atoms with van der Waals surface area (Å²) < 4.78 is 47.8. The Kier molecular flexibility index (Phi) is 5.09. The van der Waals surface area contributed by atoms with Gasteiger partial charge in [0.2, 0.25) is 5.95 Å². The molecule has 2 heterocycles. The number of nitrogen functional groups attached to an aromatic ring is 1. The highest BCUT2D eigenvalue weighted by Gasteiger charge is 2.30. The molecule has 2 aromatic carbocycles. The summed E-state index contributed by atoms with van der Waals surface area (Å²) in [7, 11) is 0. The van der Waals surface area contributed by atoms with Gasteiger partial charge >= 0.3 is 6.36 Å². The predicted octanol–water partition coefficient (Wildman–Crippen LogP) is 4.06. The van der Waals surface area contributed by atoms with Crippen LogP contribution in [0.4, 0.5) is 30.6 Å². The second-order valence-corrected chi connectivity index (χ2v) is 6.29. The predicted molar refractivity (Wildman–Crippen MR) is 105 cm³/mol. The maximum absolute atomic E-state index is 12.2. The standard InChI is InChI=1S/C19H17F3N6O2/c20-19(21,22)30-14-4-2-13(3-5-14)29-10-9-28-16-6-1-12(11-15(16)26-18(28)23)25-17-7-8-24-27-17/h1-8,11H,9-10H2,(H2,23,26)(H2,24,25,27). The van der Waals surface area contributed by atoms with Crippen molar-refractivity contribution in [3.63, 3.8) is 0 Å². The molecule has 0 spiro atoms. The van der Waals surface area contributed by atoms with Gasteiger partial charge in [-0.05, 0) is 42.5 Å². The number of nitrogens with zero attached hydrogens (tertiary/aromatic N) is 3. The van der Waals surface area contributed by atoms with E-state index in [9.17, 15) is 13.2 Å². The lowest BCUT2D eigenvalue weighted by Gasteiger charge is -2.11. The number of fused-ring (bicyclic) bond motifs is 1. The number of anilines is 3. The van der Waals surface area contributed by atoms with Crippen molar-refractivity contribution in [3.8, 4) is 11.5 Å². The lowest BCUT2D eigenvalue weighted by atomic mass is 10.2. The molecule has 4 aromatic rings. The summed E-state index contributed by atoms with van der Waals surface area (Å²) >= 11 is 0. The van der Waals surface area contributed by atoms with Crippen LogP contribution in [-0.2, 0) is 6.54 Å². The number of hydrogen-bond acceptors (Lipinski definition) is 6. The molecule has 0 aliphatic rings. The Labute approximate surface area is 168 Å². The normalized spacial score (nSPS) is 11.6. The first-order valence-electron chi connectivity index (χ1n) is 8.88. The third-order valence-corrected chi connectivity index (χ3v) is 4.20. The van der Waals surface area contributed by atoms with Crippen LogP contribution in [0.15, 0.2) is 54.7 Å². The number of nitrogens with one attached hydrogen (secondary N) is 2. The smallest absolute Gasteiger partial charge is 0.492 e. The van der Waals surface area contributed by atoms with Crippen molar-refractivity contribution in [1.82, 2.24) is 19.7 Å². The van der Waals surface area contributed by atoms with Crippen LogP contribution in [0, 0.1) is 0 Å². The molecule has 0 aliphatic heterocycles. The van der Waals surface area contributed by atoms with E-state index in [0.717, 1.165) is 17.0 Å². The van der Waals surface area contributed by atoms with E-state index in [-0.39, 0.29) is 12.4 Å². The van der Waals surface area contributed by atoms with Crippen molar-refractivity contribution in [2.45, 2.75) is 12.9 Å². The van der Waals surface area contributed by atoms with E-state index in [1.807, 2.05) is 18.2 Å². The first kappa shape index (κ1) is 19.4. The van der Waals surface area contributed by atoms with Crippen LogP contribution in [0.25, 0.3) is 11.0 Å². The van der Waals surface area contributed by atoms with Gasteiger partial charge in [-0.15, -0.1) is 13.2 Å². The summed E-state index contributed by atoms with van der Waals surface area (Å²) in [6.07, 6.45) is -3.08. The molecular formula is C19H17F3N6O2. The second kappa shape index (κ2) is 7.85. The molecule has 2 aromatic heterocycles. The summed E-state index contributed by atoms with van der Waals surface area (Å²) in [5, 5.41) is 9.87. The van der Waals surface area contributed by atoms with Crippen LogP contribution in [0.2, 0.25) is 0 Å². The first-order valence-corrected chi connectivity index (χ1v) is 8.88. The van der Waals surface area contributed by atoms with Gasteiger partial charge in [0.05, 0.1) is 23.8 Å². The van der Waals surface area contributed by atoms with Crippen LogP contribution in [0.1, 0.15) is 0 Å². The second-order valence-electron chi connectivity index (χ2n) is 6.29. The largest absolute Gasteiger partial charge is 0.573 e. The number of ether oxygens (including phenoxy) is 2. The molecule has 0 aliphatic carbocycles. The third kappa shape index (κ3) is 4.57. The quantitative estimate of drug-likeness (QED) is 0.418. The number of aromatic nitrogens is 4. The van der Waals surface area contributed by atoms with Gasteiger partial charge in [0, 0.05) is 11.8 Å². The molecule has 0 atom stereocenters. The minimum atomic E-state index is -4.73. The lowest BCUT2D eigenvalue weighted by Crippen LogP contribution is -2.17. The highest BCUT2D eigenvalue weighted by atomic mass is 19.4. The molecule has 8 nitrogen and oxygen atoms in total. The summed E-state index contributed by atoms with van der Waals surface area (Å²) in [6, 6.07) is 12.6. The van der Waals surface area contributed by atoms with Crippen molar-refractivity contribution >= 4 is 28.5 Å². The van der Waals surface area contributed by atoms with Crippen molar-refractivity contribution < 1.29 is 22.6 Å². The summed E-state index contributed by atoms with van der Waals surface area (Å²) in [5.41, 5.74) is 8.41. The molecule has 156 valence electrons. The average molecular weight is 418 g/mol. The van der Waals surface area contributed by atoms with Gasteiger partial charge < -0.3 is 25.1 Å². The number of nitrogens with two attached hydrogens (primary N) is 1. The van der Waals surface area contributed by atoms with Crippen LogP contribution in [0.3, 0.4) is 0 Å². The van der Waals surface area contributed by atoms with Gasteiger partial charge in [0.1, 0.15) is 23.9 Å². The summed E-state index contributed by atoms with van der Waals surface area (Å²) in [6.45, 7) is 0.666. The minimum absolute atomic E-state index is 0.253. The molecule has 0 fully saturated rings. The fourth-order valence-electron chi connectivity index (χ4n) is 2.93. The van der Waals surface area contributed by atoms with Crippen LogP contribution < -0.4 is 20.5 Å². The van der Waals surface area contributed by atoms with E-state index < -0.39 is 6.36 Å². The SMILES string of the molecule is Nc1nc2cc(Nc3ccn[nH]3)ccc2n1CCOc1ccc(OC(F)(F)F)cc1. The molecule has 0 saturated heterocycles. The Bertz CT molecular complexity index is 1120. The molecule has 11 heteroatoms. The van der Waals surface area contributed by atoms with Crippen LogP contribution >= 0.6 is 0 Å². The molecule has 0 unspecified atom stereocenters. The van der Waals surface area contributed by atoms with Gasteiger partial charge in [-0.25, -0.2) is 4.98 Å². The van der Waals surface area contributed by atoms with E-state index in [1.54, 1.807) is 16.8 Å². The Morgan fingerprint density at radius 3 is 2.53 bits per heavy atom. The van der Waals surface area contributed by atoms with Crippen LogP contribution in [0.5, 0.6) is 11.5 Å². The number of imidazole rings is 1. The topological polar surface area (TPSA) is 103 Å².